The van der Waals surface area contributed by atoms with Crippen molar-refractivity contribution < 1.29 is 14.7 Å². The fourth-order valence-electron chi connectivity index (χ4n) is 3.61. The number of amides is 2. The average Bonchev–Trinajstić information content (AvgIpc) is 3.10. The van der Waals surface area contributed by atoms with Crippen molar-refractivity contribution in [2.24, 2.45) is 0 Å². The zero-order valence-electron chi connectivity index (χ0n) is 16.1. The summed E-state index contributed by atoms with van der Waals surface area (Å²) in [5, 5.41) is 17.5. The van der Waals surface area contributed by atoms with Gasteiger partial charge in [-0.05, 0) is 25.8 Å². The molecular weight excluding hydrogens is 372 g/mol. The van der Waals surface area contributed by atoms with Gasteiger partial charge in [0.05, 0.1) is 16.8 Å². The molecule has 0 spiro atoms. The summed E-state index contributed by atoms with van der Waals surface area (Å²) in [5.74, 6) is -0.219. The van der Waals surface area contributed by atoms with Crippen LogP contribution in [0.15, 0.2) is 36.7 Å². The summed E-state index contributed by atoms with van der Waals surface area (Å²) in [6.07, 6.45) is 4.50. The number of fused-ring (bicyclic) bond motifs is 1. The van der Waals surface area contributed by atoms with E-state index in [9.17, 15) is 9.59 Å². The largest absolute Gasteiger partial charge is 0.387 e. The molecule has 9 heteroatoms. The van der Waals surface area contributed by atoms with Gasteiger partial charge in [-0.25, -0.2) is 9.97 Å². The topological polar surface area (TPSA) is 113 Å². The number of piperidine rings is 1. The number of likely N-dealkylation sites (tertiary alicyclic amines) is 1. The SMILES string of the molecule is Cc1nn(-c2ncc(C(=O)N[C@H]3CCCN(C(=O)CO)C3)cn2)c2ccccc12. The molecule has 1 aliphatic rings. The van der Waals surface area contributed by atoms with Crippen LogP contribution in [-0.2, 0) is 4.79 Å². The Kier molecular flexibility index (Phi) is 5.22. The van der Waals surface area contributed by atoms with Gasteiger partial charge in [0.25, 0.3) is 11.9 Å². The van der Waals surface area contributed by atoms with E-state index in [1.165, 1.54) is 12.4 Å². The maximum atomic E-state index is 12.6. The van der Waals surface area contributed by atoms with Gasteiger partial charge < -0.3 is 15.3 Å². The second-order valence-corrected chi connectivity index (χ2v) is 7.10. The summed E-state index contributed by atoms with van der Waals surface area (Å²) in [7, 11) is 0. The van der Waals surface area contributed by atoms with Gasteiger partial charge in [-0.2, -0.15) is 9.78 Å². The van der Waals surface area contributed by atoms with Crippen LogP contribution in [0.25, 0.3) is 16.9 Å². The first-order valence-electron chi connectivity index (χ1n) is 9.53. The summed E-state index contributed by atoms with van der Waals surface area (Å²) in [6, 6.07) is 7.66. The molecule has 0 radical (unpaired) electrons. The van der Waals surface area contributed by atoms with Crippen LogP contribution in [-0.4, -0.2) is 67.3 Å². The maximum Gasteiger partial charge on any atom is 0.254 e. The predicted octanol–water partition coefficient (Wildman–Crippen LogP) is 0.837. The fourth-order valence-corrected chi connectivity index (χ4v) is 3.61. The van der Waals surface area contributed by atoms with Crippen molar-refractivity contribution >= 4 is 22.7 Å². The Balaban J connectivity index is 1.47. The van der Waals surface area contributed by atoms with Gasteiger partial charge in [0.1, 0.15) is 6.61 Å². The molecule has 1 atom stereocenters. The van der Waals surface area contributed by atoms with E-state index in [1.54, 1.807) is 9.58 Å². The third-order valence-electron chi connectivity index (χ3n) is 5.11. The molecule has 0 aliphatic carbocycles. The second-order valence-electron chi connectivity index (χ2n) is 7.10. The lowest BCUT2D eigenvalue weighted by Crippen LogP contribution is -2.50. The third kappa shape index (κ3) is 3.81. The maximum absolute atomic E-state index is 12.6. The lowest BCUT2D eigenvalue weighted by Gasteiger charge is -2.32. The number of rotatable bonds is 4. The molecule has 1 aliphatic heterocycles. The van der Waals surface area contributed by atoms with Crippen LogP contribution in [0.5, 0.6) is 0 Å². The molecule has 2 aromatic heterocycles. The number of aromatic nitrogens is 4. The number of hydrogen-bond donors (Lipinski definition) is 2. The minimum absolute atomic E-state index is 0.163. The summed E-state index contributed by atoms with van der Waals surface area (Å²) in [4.78, 5) is 34.4. The quantitative estimate of drug-likeness (QED) is 0.678. The van der Waals surface area contributed by atoms with Crippen molar-refractivity contribution in [1.82, 2.24) is 30.0 Å². The normalized spacial score (nSPS) is 16.8. The van der Waals surface area contributed by atoms with Crippen molar-refractivity contribution in [3.05, 3.63) is 47.9 Å². The zero-order valence-corrected chi connectivity index (χ0v) is 16.1. The van der Waals surface area contributed by atoms with E-state index < -0.39 is 6.61 Å². The third-order valence-corrected chi connectivity index (χ3v) is 5.11. The van der Waals surface area contributed by atoms with Gasteiger partial charge in [-0.15, -0.1) is 0 Å². The Morgan fingerprint density at radius 2 is 2.00 bits per heavy atom. The van der Waals surface area contributed by atoms with Gasteiger partial charge in [-0.1, -0.05) is 18.2 Å². The Bertz CT molecular complexity index is 1050. The number of aryl methyl sites for hydroxylation is 1. The van der Waals surface area contributed by atoms with Gasteiger partial charge in [-0.3, -0.25) is 9.59 Å². The monoisotopic (exact) mass is 394 g/mol. The van der Waals surface area contributed by atoms with Crippen molar-refractivity contribution in [3.8, 4) is 5.95 Å². The van der Waals surface area contributed by atoms with Crippen molar-refractivity contribution in [3.63, 3.8) is 0 Å². The molecule has 0 bridgehead atoms. The molecule has 150 valence electrons. The smallest absolute Gasteiger partial charge is 0.254 e. The molecule has 2 amide bonds. The van der Waals surface area contributed by atoms with Crippen molar-refractivity contribution in [2.75, 3.05) is 19.7 Å². The molecule has 29 heavy (non-hydrogen) atoms. The molecule has 3 aromatic rings. The summed E-state index contributed by atoms with van der Waals surface area (Å²) in [6.45, 7) is 2.40. The molecule has 1 aromatic carbocycles. The van der Waals surface area contributed by atoms with E-state index in [4.69, 9.17) is 5.11 Å². The molecule has 2 N–H and O–H groups in total. The van der Waals surface area contributed by atoms with E-state index in [2.05, 4.69) is 20.4 Å². The minimum Gasteiger partial charge on any atom is -0.387 e. The standard InChI is InChI=1S/C20H22N6O3/c1-13-16-6-2-3-7-17(16)26(24-13)20-21-9-14(10-22-20)19(29)23-15-5-4-8-25(11-15)18(28)12-27/h2-3,6-7,9-10,15,27H,4-5,8,11-12H2,1H3,(H,23,29)/t15-/m0/s1. The van der Waals surface area contributed by atoms with Crippen LogP contribution in [0.4, 0.5) is 0 Å². The van der Waals surface area contributed by atoms with Crippen LogP contribution in [0.2, 0.25) is 0 Å². The van der Waals surface area contributed by atoms with E-state index >= 15 is 0 Å². The van der Waals surface area contributed by atoms with E-state index in [0.717, 1.165) is 29.4 Å². The van der Waals surface area contributed by atoms with Crippen LogP contribution in [0, 0.1) is 6.92 Å². The highest BCUT2D eigenvalue weighted by molar-refractivity contribution is 5.94. The number of aliphatic hydroxyl groups is 1. The van der Waals surface area contributed by atoms with E-state index in [1.807, 2.05) is 31.2 Å². The summed E-state index contributed by atoms with van der Waals surface area (Å²) >= 11 is 0. The Labute approximate surface area is 167 Å². The molecule has 0 unspecified atom stereocenters. The zero-order chi connectivity index (χ0) is 20.4. The van der Waals surface area contributed by atoms with Crippen LogP contribution >= 0.6 is 0 Å². The number of nitrogens with zero attached hydrogens (tertiary/aromatic N) is 5. The molecule has 4 rings (SSSR count). The number of carbonyl (C=O) groups is 2. The Hall–Kier alpha value is -3.33. The number of aliphatic hydroxyl groups excluding tert-OH is 1. The van der Waals surface area contributed by atoms with Gasteiger partial charge in [0, 0.05) is 36.9 Å². The second kappa shape index (κ2) is 7.96. The lowest BCUT2D eigenvalue weighted by atomic mass is 10.1. The first kappa shape index (κ1) is 19.0. The molecule has 3 heterocycles. The van der Waals surface area contributed by atoms with E-state index in [0.29, 0.717) is 24.6 Å². The molecule has 1 fully saturated rings. The molecule has 9 nitrogen and oxygen atoms in total. The van der Waals surface area contributed by atoms with Gasteiger partial charge in [0.15, 0.2) is 0 Å². The van der Waals surface area contributed by atoms with Crippen molar-refractivity contribution in [1.29, 1.82) is 0 Å². The highest BCUT2D eigenvalue weighted by Gasteiger charge is 2.24. The first-order valence-corrected chi connectivity index (χ1v) is 9.53. The predicted molar refractivity (Wildman–Crippen MR) is 106 cm³/mol. The average molecular weight is 394 g/mol. The Morgan fingerprint density at radius 3 is 2.76 bits per heavy atom. The molecule has 0 saturated carbocycles. The highest BCUT2D eigenvalue weighted by Crippen LogP contribution is 2.19. The van der Waals surface area contributed by atoms with Crippen LogP contribution in [0.1, 0.15) is 28.9 Å². The summed E-state index contributed by atoms with van der Waals surface area (Å²) < 4.78 is 1.66. The number of carbonyl (C=O) groups excluding carboxylic acids is 2. The minimum atomic E-state index is -0.516. The first-order chi connectivity index (χ1) is 14.1. The molecular formula is C20H22N6O3. The van der Waals surface area contributed by atoms with Crippen molar-refractivity contribution in [2.45, 2.75) is 25.8 Å². The number of benzene rings is 1. The number of para-hydroxylation sites is 1. The number of nitrogens with one attached hydrogen (secondary N) is 1. The Morgan fingerprint density at radius 1 is 1.24 bits per heavy atom. The molecule has 1 saturated heterocycles. The van der Waals surface area contributed by atoms with Gasteiger partial charge >= 0.3 is 0 Å². The fraction of sp³-hybridized carbons (Fsp3) is 0.350. The van der Waals surface area contributed by atoms with Crippen LogP contribution in [0.3, 0.4) is 0 Å². The lowest BCUT2D eigenvalue weighted by molar-refractivity contribution is -0.135. The number of hydrogen-bond acceptors (Lipinski definition) is 6. The highest BCUT2D eigenvalue weighted by atomic mass is 16.3. The van der Waals surface area contributed by atoms with Crippen LogP contribution < -0.4 is 5.32 Å². The summed E-state index contributed by atoms with van der Waals surface area (Å²) in [5.41, 5.74) is 2.12. The van der Waals surface area contributed by atoms with E-state index in [-0.39, 0.29) is 17.9 Å². The van der Waals surface area contributed by atoms with Gasteiger partial charge in [0.2, 0.25) is 5.91 Å².